The topological polar surface area (TPSA) is 34.1 Å². The number of thioether (sulfide) groups is 1. The maximum absolute atomic E-state index is 5.15. The van der Waals surface area contributed by atoms with E-state index in [0.29, 0.717) is 6.61 Å². The molecule has 1 aromatic heterocycles. The van der Waals surface area contributed by atoms with E-state index in [4.69, 9.17) is 11.2 Å². The Kier molecular flexibility index (Phi) is 7.26. The van der Waals surface area contributed by atoms with Crippen molar-refractivity contribution in [2.45, 2.75) is 13.2 Å². The van der Waals surface area contributed by atoms with Gasteiger partial charge in [0, 0.05) is 31.3 Å². The minimum Gasteiger partial charge on any atom is -0.378 e. The Balaban J connectivity index is 2.10. The lowest BCUT2D eigenvalue weighted by atomic mass is 10.5. The number of terminal acetylenes is 1. The molecule has 0 amide bonds. The molecule has 0 aromatic carbocycles. The molecule has 1 rings (SSSR count). The van der Waals surface area contributed by atoms with Crippen LogP contribution < -0.4 is 5.32 Å². The largest absolute Gasteiger partial charge is 0.378 e. The fraction of sp³-hybridized carbons (Fsp3) is 0.545. The van der Waals surface area contributed by atoms with Crippen molar-refractivity contribution in [2.75, 3.05) is 25.2 Å². The van der Waals surface area contributed by atoms with Crippen molar-refractivity contribution in [2.24, 2.45) is 0 Å². The molecule has 0 fully saturated rings. The molecule has 3 nitrogen and oxygen atoms in total. The monoisotopic (exact) mass is 256 g/mol. The number of thiazole rings is 1. The molecule has 0 saturated carbocycles. The summed E-state index contributed by atoms with van der Waals surface area (Å²) in [6, 6.07) is 0. The molecule has 0 aliphatic heterocycles. The fourth-order valence-corrected chi connectivity index (χ4v) is 2.43. The van der Waals surface area contributed by atoms with Crippen LogP contribution in [0.4, 0.5) is 0 Å². The quantitative estimate of drug-likeness (QED) is 0.567. The molecule has 1 heterocycles. The third-order valence-electron chi connectivity index (χ3n) is 1.78. The Morgan fingerprint density at radius 1 is 1.69 bits per heavy atom. The number of hydrogen-bond donors (Lipinski definition) is 1. The number of nitrogens with zero attached hydrogens (tertiary/aromatic N) is 1. The van der Waals surface area contributed by atoms with Crippen molar-refractivity contribution in [3.63, 3.8) is 0 Å². The third kappa shape index (κ3) is 5.52. The Labute approximate surface area is 105 Å². The molecule has 0 radical (unpaired) electrons. The SMILES string of the molecule is C#CCSCCNCc1csc(COC)n1. The van der Waals surface area contributed by atoms with E-state index in [1.54, 1.807) is 30.2 Å². The van der Waals surface area contributed by atoms with Gasteiger partial charge >= 0.3 is 0 Å². The standard InChI is InChI=1S/C11H16N2OS2/c1-3-5-15-6-4-12-7-10-9-16-11(13-10)8-14-2/h1,9,12H,4-8H2,2H3. The summed E-state index contributed by atoms with van der Waals surface area (Å²) < 4.78 is 5.02. The van der Waals surface area contributed by atoms with Crippen molar-refractivity contribution < 1.29 is 4.74 Å². The van der Waals surface area contributed by atoms with Crippen LogP contribution in [0.25, 0.3) is 0 Å². The molecular weight excluding hydrogens is 240 g/mol. The summed E-state index contributed by atoms with van der Waals surface area (Å²) in [6.45, 7) is 2.38. The van der Waals surface area contributed by atoms with Gasteiger partial charge in [-0.25, -0.2) is 4.98 Å². The first-order valence-electron chi connectivity index (χ1n) is 5.01. The van der Waals surface area contributed by atoms with E-state index in [1.807, 2.05) is 0 Å². The fourth-order valence-electron chi connectivity index (χ4n) is 1.11. The maximum atomic E-state index is 5.15. The average molecular weight is 256 g/mol. The van der Waals surface area contributed by atoms with Crippen LogP contribution >= 0.6 is 23.1 Å². The summed E-state index contributed by atoms with van der Waals surface area (Å²) in [7, 11) is 1.68. The van der Waals surface area contributed by atoms with Gasteiger partial charge in [0.25, 0.3) is 0 Å². The molecule has 0 spiro atoms. The van der Waals surface area contributed by atoms with E-state index in [1.165, 1.54) is 0 Å². The van der Waals surface area contributed by atoms with E-state index < -0.39 is 0 Å². The lowest BCUT2D eigenvalue weighted by Gasteiger charge is -2.00. The first-order chi connectivity index (χ1) is 7.86. The van der Waals surface area contributed by atoms with Crippen LogP contribution in [0.1, 0.15) is 10.7 Å². The van der Waals surface area contributed by atoms with Crippen LogP contribution in [0.15, 0.2) is 5.38 Å². The molecule has 88 valence electrons. The van der Waals surface area contributed by atoms with E-state index in [9.17, 15) is 0 Å². The van der Waals surface area contributed by atoms with E-state index in [2.05, 4.69) is 21.6 Å². The van der Waals surface area contributed by atoms with Gasteiger partial charge in [-0.05, 0) is 0 Å². The van der Waals surface area contributed by atoms with Gasteiger partial charge < -0.3 is 10.1 Å². The third-order valence-corrected chi connectivity index (χ3v) is 3.52. The Hall–Kier alpha value is -0.540. The van der Waals surface area contributed by atoms with Crippen molar-refractivity contribution in [3.8, 4) is 12.3 Å². The Bertz CT molecular complexity index is 333. The summed E-state index contributed by atoms with van der Waals surface area (Å²) >= 11 is 3.40. The molecule has 0 saturated heterocycles. The van der Waals surface area contributed by atoms with E-state index in [-0.39, 0.29) is 0 Å². The summed E-state index contributed by atoms with van der Waals surface area (Å²) in [4.78, 5) is 4.43. The van der Waals surface area contributed by atoms with Crippen LogP contribution in [0.3, 0.4) is 0 Å². The van der Waals surface area contributed by atoms with Gasteiger partial charge in [-0.15, -0.1) is 29.5 Å². The van der Waals surface area contributed by atoms with Crippen molar-refractivity contribution in [3.05, 3.63) is 16.1 Å². The molecule has 0 unspecified atom stereocenters. The highest BCUT2D eigenvalue weighted by atomic mass is 32.2. The van der Waals surface area contributed by atoms with Crippen LogP contribution in [-0.2, 0) is 17.9 Å². The maximum Gasteiger partial charge on any atom is 0.119 e. The average Bonchev–Trinajstić information content (AvgIpc) is 2.72. The minimum absolute atomic E-state index is 0.600. The Morgan fingerprint density at radius 2 is 2.56 bits per heavy atom. The second kappa shape index (κ2) is 8.59. The molecule has 16 heavy (non-hydrogen) atoms. The van der Waals surface area contributed by atoms with E-state index in [0.717, 1.165) is 35.3 Å². The lowest BCUT2D eigenvalue weighted by Crippen LogP contribution is -2.16. The predicted octanol–water partition coefficient (Wildman–Crippen LogP) is 1.75. The zero-order valence-corrected chi connectivity index (χ0v) is 11.0. The van der Waals surface area contributed by atoms with Gasteiger partial charge in [0.05, 0.1) is 18.1 Å². The van der Waals surface area contributed by atoms with Gasteiger partial charge in [-0.3, -0.25) is 0 Å². The molecule has 0 atom stereocenters. The number of rotatable bonds is 8. The zero-order chi connectivity index (χ0) is 11.6. The molecule has 0 bridgehead atoms. The van der Waals surface area contributed by atoms with E-state index >= 15 is 0 Å². The number of nitrogens with one attached hydrogen (secondary N) is 1. The highest BCUT2D eigenvalue weighted by molar-refractivity contribution is 7.99. The first kappa shape index (κ1) is 13.5. The van der Waals surface area contributed by atoms with Crippen LogP contribution in [-0.4, -0.2) is 30.1 Å². The minimum atomic E-state index is 0.600. The second-order valence-corrected chi connectivity index (χ2v) is 5.15. The predicted molar refractivity (Wildman–Crippen MR) is 70.7 cm³/mol. The van der Waals surface area contributed by atoms with Gasteiger partial charge in [-0.1, -0.05) is 5.92 Å². The first-order valence-corrected chi connectivity index (χ1v) is 7.04. The number of aromatic nitrogens is 1. The van der Waals surface area contributed by atoms with Gasteiger partial charge in [0.2, 0.25) is 0 Å². The van der Waals surface area contributed by atoms with Crippen molar-refractivity contribution >= 4 is 23.1 Å². The normalized spacial score (nSPS) is 10.2. The number of hydrogen-bond acceptors (Lipinski definition) is 5. The van der Waals surface area contributed by atoms with Crippen molar-refractivity contribution in [1.82, 2.24) is 10.3 Å². The molecular formula is C11H16N2OS2. The van der Waals surface area contributed by atoms with Crippen LogP contribution in [0, 0.1) is 12.3 Å². The van der Waals surface area contributed by atoms with Gasteiger partial charge in [0.15, 0.2) is 0 Å². The molecule has 0 aliphatic carbocycles. The molecule has 1 N–H and O–H groups in total. The zero-order valence-electron chi connectivity index (χ0n) is 9.36. The lowest BCUT2D eigenvalue weighted by molar-refractivity contribution is 0.184. The molecule has 1 aromatic rings. The summed E-state index contributed by atoms with van der Waals surface area (Å²) in [5.74, 6) is 4.43. The summed E-state index contributed by atoms with van der Waals surface area (Å²) in [6.07, 6.45) is 5.15. The number of ether oxygens (including phenoxy) is 1. The Morgan fingerprint density at radius 3 is 3.31 bits per heavy atom. The van der Waals surface area contributed by atoms with Crippen LogP contribution in [0.2, 0.25) is 0 Å². The second-order valence-electron chi connectivity index (χ2n) is 3.10. The van der Waals surface area contributed by atoms with Crippen LogP contribution in [0.5, 0.6) is 0 Å². The highest BCUT2D eigenvalue weighted by Crippen LogP contribution is 2.10. The highest BCUT2D eigenvalue weighted by Gasteiger charge is 2.00. The smallest absolute Gasteiger partial charge is 0.119 e. The van der Waals surface area contributed by atoms with Gasteiger partial charge in [0.1, 0.15) is 5.01 Å². The summed E-state index contributed by atoms with van der Waals surface area (Å²) in [5.41, 5.74) is 1.08. The number of methoxy groups -OCH3 is 1. The summed E-state index contributed by atoms with van der Waals surface area (Å²) in [5, 5.41) is 6.42. The molecule has 0 aliphatic rings. The van der Waals surface area contributed by atoms with Gasteiger partial charge in [-0.2, -0.15) is 0 Å². The molecule has 5 heteroatoms. The van der Waals surface area contributed by atoms with Crippen molar-refractivity contribution in [1.29, 1.82) is 0 Å².